The lowest BCUT2D eigenvalue weighted by Crippen LogP contribution is -2.50. The Morgan fingerprint density at radius 2 is 1.53 bits per heavy atom. The lowest BCUT2D eigenvalue weighted by molar-refractivity contribution is -0.134. The van der Waals surface area contributed by atoms with Crippen LogP contribution < -0.4 is 0 Å². The van der Waals surface area contributed by atoms with E-state index in [1.807, 2.05) is 13.8 Å². The summed E-state index contributed by atoms with van der Waals surface area (Å²) in [5.41, 5.74) is -0.835. The van der Waals surface area contributed by atoms with Gasteiger partial charge in [0.05, 0.1) is 19.8 Å². The van der Waals surface area contributed by atoms with Crippen molar-refractivity contribution in [2.45, 2.75) is 45.1 Å². The van der Waals surface area contributed by atoms with Crippen molar-refractivity contribution < 1.29 is 19.8 Å². The van der Waals surface area contributed by atoms with E-state index in [0.717, 1.165) is 17.7 Å². The summed E-state index contributed by atoms with van der Waals surface area (Å²) in [6, 6.07) is -0.394. The third-order valence-corrected chi connectivity index (χ3v) is 3.60. The van der Waals surface area contributed by atoms with Crippen molar-refractivity contribution >= 4 is 11.9 Å². The first-order valence-corrected chi connectivity index (χ1v) is 6.94. The second-order valence-corrected chi connectivity index (χ2v) is 4.87. The van der Waals surface area contributed by atoms with Crippen LogP contribution in [0.15, 0.2) is 0 Å². The Morgan fingerprint density at radius 1 is 1.00 bits per heavy atom. The zero-order chi connectivity index (χ0) is 14.5. The van der Waals surface area contributed by atoms with Gasteiger partial charge in [-0.15, -0.1) is 0 Å². The van der Waals surface area contributed by atoms with Gasteiger partial charge in [0, 0.05) is 6.54 Å². The minimum atomic E-state index is -0.835. The molecule has 3 amide bonds. The number of hydrogen-bond donors (Lipinski definition) is 2. The third-order valence-electron chi connectivity index (χ3n) is 3.60. The Balaban J connectivity index is 3.13. The highest BCUT2D eigenvalue weighted by Gasteiger charge is 2.55. The van der Waals surface area contributed by atoms with E-state index in [9.17, 15) is 9.59 Å². The van der Waals surface area contributed by atoms with Gasteiger partial charge in [0.1, 0.15) is 5.54 Å². The molecule has 0 saturated carbocycles. The van der Waals surface area contributed by atoms with Crippen molar-refractivity contribution in [1.82, 2.24) is 9.80 Å². The first kappa shape index (κ1) is 15.9. The average Bonchev–Trinajstić information content (AvgIpc) is 2.56. The van der Waals surface area contributed by atoms with Crippen LogP contribution in [0.25, 0.3) is 0 Å². The number of nitrogens with zero attached hydrogens (tertiary/aromatic N) is 2. The summed E-state index contributed by atoms with van der Waals surface area (Å²) in [4.78, 5) is 27.4. The van der Waals surface area contributed by atoms with Crippen molar-refractivity contribution in [2.75, 3.05) is 26.3 Å². The molecule has 110 valence electrons. The molecule has 0 spiro atoms. The fraction of sp³-hybridized carbons (Fsp3) is 0.846. The second-order valence-electron chi connectivity index (χ2n) is 4.87. The Morgan fingerprint density at radius 3 is 1.95 bits per heavy atom. The number of aliphatic hydroxyl groups is 2. The molecule has 1 rings (SSSR count). The molecule has 0 aromatic carbocycles. The largest absolute Gasteiger partial charge is 0.395 e. The lowest BCUT2D eigenvalue weighted by atomic mass is 9.87. The summed E-state index contributed by atoms with van der Waals surface area (Å²) in [5.74, 6) is -0.233. The van der Waals surface area contributed by atoms with Crippen LogP contribution in [0.1, 0.15) is 39.5 Å². The van der Waals surface area contributed by atoms with Crippen LogP contribution in [0.4, 0.5) is 4.79 Å². The van der Waals surface area contributed by atoms with Crippen LogP contribution in [0, 0.1) is 0 Å². The first-order chi connectivity index (χ1) is 9.08. The summed E-state index contributed by atoms with van der Waals surface area (Å²) in [6.07, 6.45) is 2.75. The zero-order valence-corrected chi connectivity index (χ0v) is 11.8. The van der Waals surface area contributed by atoms with Gasteiger partial charge in [-0.05, 0) is 12.8 Å². The van der Waals surface area contributed by atoms with Gasteiger partial charge in [-0.1, -0.05) is 26.7 Å². The van der Waals surface area contributed by atoms with E-state index in [2.05, 4.69) is 0 Å². The standard InChI is InChI=1S/C13H24N2O4/c1-3-5-13(6-4-2)11(18)14(7-9-16)12(19)15(13)8-10-17/h16-17H,3-10H2,1-2H3. The number of β-amino-alcohol motifs (C(OH)–C–C–N with tert-alkyl or cyclic N) is 2. The molecule has 1 saturated heterocycles. The summed E-state index contributed by atoms with van der Waals surface area (Å²) < 4.78 is 0. The van der Waals surface area contributed by atoms with Gasteiger partial charge in [-0.2, -0.15) is 0 Å². The Hall–Kier alpha value is -1.14. The van der Waals surface area contributed by atoms with Crippen molar-refractivity contribution in [3.8, 4) is 0 Å². The van der Waals surface area contributed by atoms with Gasteiger partial charge in [-0.25, -0.2) is 4.79 Å². The van der Waals surface area contributed by atoms with Gasteiger partial charge in [0.25, 0.3) is 5.91 Å². The molecule has 0 bridgehead atoms. The van der Waals surface area contributed by atoms with Gasteiger partial charge in [0.2, 0.25) is 0 Å². The molecule has 1 aliphatic heterocycles. The highest BCUT2D eigenvalue weighted by atomic mass is 16.3. The summed E-state index contributed by atoms with van der Waals surface area (Å²) in [5, 5.41) is 18.1. The normalized spacial score (nSPS) is 18.5. The maximum atomic E-state index is 12.6. The molecule has 6 nitrogen and oxygen atoms in total. The zero-order valence-electron chi connectivity index (χ0n) is 11.8. The van der Waals surface area contributed by atoms with Gasteiger partial charge in [-0.3, -0.25) is 9.69 Å². The Bertz CT molecular complexity index is 327. The van der Waals surface area contributed by atoms with Crippen LogP contribution in [-0.2, 0) is 4.79 Å². The molecular formula is C13H24N2O4. The van der Waals surface area contributed by atoms with E-state index in [1.54, 1.807) is 0 Å². The molecule has 0 aromatic rings. The summed E-state index contributed by atoms with van der Waals surface area (Å²) in [6.45, 7) is 3.73. The smallest absolute Gasteiger partial charge is 0.327 e. The number of imide groups is 1. The lowest BCUT2D eigenvalue weighted by Gasteiger charge is -2.34. The number of urea groups is 1. The highest BCUT2D eigenvalue weighted by molar-refractivity contribution is 6.07. The minimum absolute atomic E-state index is 0.0226. The third kappa shape index (κ3) is 2.74. The number of rotatable bonds is 8. The van der Waals surface area contributed by atoms with E-state index in [1.165, 1.54) is 4.90 Å². The van der Waals surface area contributed by atoms with Gasteiger partial charge < -0.3 is 15.1 Å². The Labute approximate surface area is 114 Å². The van der Waals surface area contributed by atoms with Crippen LogP contribution in [0.5, 0.6) is 0 Å². The molecule has 0 aromatic heterocycles. The number of amides is 3. The molecule has 2 N–H and O–H groups in total. The fourth-order valence-corrected chi connectivity index (χ4v) is 2.93. The van der Waals surface area contributed by atoms with Crippen LogP contribution in [-0.4, -0.2) is 63.8 Å². The molecule has 0 unspecified atom stereocenters. The molecular weight excluding hydrogens is 248 g/mol. The maximum absolute atomic E-state index is 12.6. The van der Waals surface area contributed by atoms with E-state index in [0.29, 0.717) is 12.8 Å². The molecule has 0 radical (unpaired) electrons. The van der Waals surface area contributed by atoms with Crippen LogP contribution in [0.2, 0.25) is 0 Å². The monoisotopic (exact) mass is 272 g/mol. The van der Waals surface area contributed by atoms with E-state index in [-0.39, 0.29) is 32.2 Å². The molecule has 19 heavy (non-hydrogen) atoms. The van der Waals surface area contributed by atoms with Gasteiger partial charge in [0.15, 0.2) is 0 Å². The van der Waals surface area contributed by atoms with Crippen molar-refractivity contribution in [1.29, 1.82) is 0 Å². The van der Waals surface area contributed by atoms with Gasteiger partial charge >= 0.3 is 6.03 Å². The predicted octanol–water partition coefficient (Wildman–Crippen LogP) is 0.574. The van der Waals surface area contributed by atoms with Crippen molar-refractivity contribution in [3.05, 3.63) is 0 Å². The Kier molecular flexibility index (Phi) is 5.75. The quantitative estimate of drug-likeness (QED) is 0.633. The second kappa shape index (κ2) is 6.86. The van der Waals surface area contributed by atoms with Crippen LogP contribution >= 0.6 is 0 Å². The first-order valence-electron chi connectivity index (χ1n) is 6.94. The van der Waals surface area contributed by atoms with Crippen molar-refractivity contribution in [2.24, 2.45) is 0 Å². The van der Waals surface area contributed by atoms with E-state index >= 15 is 0 Å². The molecule has 0 atom stereocenters. The molecule has 0 aliphatic carbocycles. The maximum Gasteiger partial charge on any atom is 0.327 e. The molecule has 1 heterocycles. The number of carbonyl (C=O) groups excluding carboxylic acids is 2. The predicted molar refractivity (Wildman–Crippen MR) is 70.5 cm³/mol. The highest BCUT2D eigenvalue weighted by Crippen LogP contribution is 2.36. The molecule has 6 heteroatoms. The molecule has 1 fully saturated rings. The SMILES string of the molecule is CCCC1(CCC)C(=O)N(CCO)C(=O)N1CCO. The number of carbonyl (C=O) groups is 2. The van der Waals surface area contributed by atoms with E-state index < -0.39 is 11.6 Å². The van der Waals surface area contributed by atoms with E-state index in [4.69, 9.17) is 10.2 Å². The average molecular weight is 272 g/mol. The van der Waals surface area contributed by atoms with Crippen molar-refractivity contribution in [3.63, 3.8) is 0 Å². The van der Waals surface area contributed by atoms with Crippen LogP contribution in [0.3, 0.4) is 0 Å². The summed E-state index contributed by atoms with van der Waals surface area (Å²) >= 11 is 0. The fourth-order valence-electron chi connectivity index (χ4n) is 2.93. The number of hydrogen-bond acceptors (Lipinski definition) is 4. The minimum Gasteiger partial charge on any atom is -0.395 e. The topological polar surface area (TPSA) is 81.1 Å². The molecule has 1 aliphatic rings. The number of aliphatic hydroxyl groups excluding tert-OH is 2. The summed E-state index contributed by atoms with van der Waals surface area (Å²) in [7, 11) is 0.